The molecule has 292 valence electrons. The Balaban J connectivity index is 1.05. The van der Waals surface area contributed by atoms with Crippen molar-refractivity contribution >= 4 is 23.2 Å². The van der Waals surface area contributed by atoms with Crippen LogP contribution in [0.25, 0.3) is 11.1 Å². The largest absolute Gasteiger partial charge is 0.397 e. The number of benzene rings is 5. The van der Waals surface area contributed by atoms with E-state index in [2.05, 4.69) is 84.1 Å². The molecule has 56 heavy (non-hydrogen) atoms. The van der Waals surface area contributed by atoms with Gasteiger partial charge in [0.15, 0.2) is 6.29 Å². The van der Waals surface area contributed by atoms with E-state index in [1.165, 1.54) is 5.56 Å². The van der Waals surface area contributed by atoms with E-state index >= 15 is 0 Å². The molecule has 5 aromatic carbocycles. The third-order valence-corrected chi connectivity index (χ3v) is 10.5. The highest BCUT2D eigenvalue weighted by Crippen LogP contribution is 2.39. The first kappa shape index (κ1) is 40.3. The highest BCUT2D eigenvalue weighted by molar-refractivity contribution is 5.93. The Morgan fingerprint density at radius 1 is 0.768 bits per heavy atom. The van der Waals surface area contributed by atoms with Gasteiger partial charge in [0.2, 0.25) is 11.8 Å². The number of likely N-dealkylation sites (N-methyl/N-ethyl adjacent to an activating group) is 1. The van der Waals surface area contributed by atoms with Crippen molar-refractivity contribution < 1.29 is 24.2 Å². The summed E-state index contributed by atoms with van der Waals surface area (Å²) in [6.07, 6.45) is 2.86. The van der Waals surface area contributed by atoms with Gasteiger partial charge in [0.1, 0.15) is 0 Å². The number of aliphatic hydroxyl groups is 1. The number of carbonyl (C=O) groups is 2. The first-order valence-electron chi connectivity index (χ1n) is 19.6. The number of nitrogens with two attached hydrogens (primary N) is 1. The minimum absolute atomic E-state index is 0.00173. The van der Waals surface area contributed by atoms with Crippen LogP contribution in [0.5, 0.6) is 0 Å². The van der Waals surface area contributed by atoms with Crippen molar-refractivity contribution in [2.45, 2.75) is 83.1 Å². The number of nitrogens with one attached hydrogen (secondary N) is 2. The molecule has 0 saturated carbocycles. The number of hydrogen-bond acceptors (Lipinski definition) is 7. The van der Waals surface area contributed by atoms with Crippen LogP contribution in [0, 0.1) is 0 Å². The Kier molecular flexibility index (Phi) is 14.4. The number of para-hydroxylation sites is 2. The molecular formula is C47H54N4O5. The van der Waals surface area contributed by atoms with Crippen molar-refractivity contribution in [1.29, 1.82) is 0 Å². The minimum atomic E-state index is -0.573. The number of rotatable bonds is 17. The molecule has 1 aliphatic rings. The Hall–Kier alpha value is -5.32. The van der Waals surface area contributed by atoms with E-state index < -0.39 is 6.29 Å². The lowest BCUT2D eigenvalue weighted by molar-refractivity contribution is -0.253. The molecule has 0 radical (unpaired) electrons. The molecule has 0 aromatic heterocycles. The molecule has 1 heterocycles. The molecule has 1 fully saturated rings. The van der Waals surface area contributed by atoms with Gasteiger partial charge in [0.25, 0.3) is 0 Å². The third-order valence-electron chi connectivity index (χ3n) is 10.5. The lowest BCUT2D eigenvalue weighted by atomic mass is 9.98. The Bertz CT molecular complexity index is 2020. The van der Waals surface area contributed by atoms with Gasteiger partial charge < -0.3 is 30.9 Å². The zero-order valence-electron chi connectivity index (χ0n) is 32.4. The lowest BCUT2D eigenvalue weighted by Gasteiger charge is -2.39. The molecule has 5 aromatic rings. The van der Waals surface area contributed by atoms with E-state index in [4.69, 9.17) is 15.2 Å². The number of anilines is 2. The van der Waals surface area contributed by atoms with Crippen molar-refractivity contribution in [3.8, 4) is 11.1 Å². The second kappa shape index (κ2) is 20.0. The summed E-state index contributed by atoms with van der Waals surface area (Å²) in [5.41, 5.74) is 14.3. The molecule has 9 heteroatoms. The monoisotopic (exact) mass is 754 g/mol. The van der Waals surface area contributed by atoms with Gasteiger partial charge >= 0.3 is 0 Å². The summed E-state index contributed by atoms with van der Waals surface area (Å²) in [5, 5.41) is 15.5. The van der Waals surface area contributed by atoms with Crippen molar-refractivity contribution in [2.75, 3.05) is 24.6 Å². The quantitative estimate of drug-likeness (QED) is 0.0552. The normalized spacial score (nSPS) is 17.3. The third kappa shape index (κ3) is 11.4. The maximum absolute atomic E-state index is 12.7. The molecule has 2 amide bonds. The highest BCUT2D eigenvalue weighted by Gasteiger charge is 2.33. The zero-order chi connectivity index (χ0) is 39.3. The Morgan fingerprint density at radius 3 is 2.21 bits per heavy atom. The van der Waals surface area contributed by atoms with Gasteiger partial charge in [0.05, 0.1) is 30.2 Å². The predicted molar refractivity (Wildman–Crippen MR) is 222 cm³/mol. The van der Waals surface area contributed by atoms with Crippen molar-refractivity contribution in [1.82, 2.24) is 10.2 Å². The van der Waals surface area contributed by atoms with Gasteiger partial charge in [-0.1, -0.05) is 110 Å². The molecule has 0 aliphatic carbocycles. The van der Waals surface area contributed by atoms with Crippen LogP contribution in [0.4, 0.5) is 11.4 Å². The van der Waals surface area contributed by atoms with Crippen molar-refractivity contribution in [2.24, 2.45) is 0 Å². The standard InChI is InChI=1S/C47H54N4O5/c1-33(36-14-5-3-6-15-36)51(2)31-41-29-44(37-25-23-34(32-52)24-26-37)56-47(55-41)40-18-12-17-39(28-40)38-16-11-13-35(27-38)30-49-45(53)21-7-4-8-22-46(54)50-43-20-10-9-19-42(43)48/h3,5-6,9-20,23-28,33,41,44,47,52H,4,7-8,21-22,29-32,48H2,1-2H3,(H,49,53)(H,50,54)/t33-,41-,44+,47+/m0/s1. The van der Waals surface area contributed by atoms with Gasteiger partial charge in [0, 0.05) is 44.0 Å². The number of unbranched alkanes of at least 4 members (excludes halogenated alkanes) is 2. The van der Waals surface area contributed by atoms with Crippen LogP contribution in [0.1, 0.15) is 91.7 Å². The average Bonchev–Trinajstić information content (AvgIpc) is 3.23. The van der Waals surface area contributed by atoms with Crippen molar-refractivity contribution in [3.63, 3.8) is 0 Å². The molecule has 5 N–H and O–H groups in total. The van der Waals surface area contributed by atoms with E-state index in [0.717, 1.165) is 46.3 Å². The molecule has 0 bridgehead atoms. The fraction of sp³-hybridized carbons (Fsp3) is 0.319. The fourth-order valence-corrected chi connectivity index (χ4v) is 7.08. The summed E-state index contributed by atoms with van der Waals surface area (Å²) in [7, 11) is 2.14. The van der Waals surface area contributed by atoms with Crippen LogP contribution in [-0.4, -0.2) is 41.5 Å². The van der Waals surface area contributed by atoms with E-state index in [0.29, 0.717) is 50.0 Å². The maximum Gasteiger partial charge on any atom is 0.224 e. The number of amides is 2. The van der Waals surface area contributed by atoms with Crippen molar-refractivity contribution in [3.05, 3.63) is 155 Å². The second-order valence-electron chi connectivity index (χ2n) is 14.7. The summed E-state index contributed by atoms with van der Waals surface area (Å²) in [4.78, 5) is 27.3. The van der Waals surface area contributed by atoms with E-state index in [-0.39, 0.29) is 36.7 Å². The topological polar surface area (TPSA) is 126 Å². The highest BCUT2D eigenvalue weighted by atomic mass is 16.7. The molecular weight excluding hydrogens is 701 g/mol. The SMILES string of the molecule is C[C@@H](c1ccccc1)N(C)C[C@@H]1C[C@H](c2ccc(CO)cc2)O[C@H](c2cccc(-c3cccc(CNC(=O)CCCCCC(=O)Nc4ccccc4N)c3)c2)O1. The summed E-state index contributed by atoms with van der Waals surface area (Å²) in [5.74, 6) is -0.0865. The molecule has 4 atom stereocenters. The molecule has 1 saturated heterocycles. The van der Waals surface area contributed by atoms with Gasteiger partial charge in [-0.25, -0.2) is 0 Å². The maximum atomic E-state index is 12.7. The Morgan fingerprint density at radius 2 is 1.46 bits per heavy atom. The molecule has 6 rings (SSSR count). The van der Waals surface area contributed by atoms with Crippen LogP contribution in [0.3, 0.4) is 0 Å². The number of carbonyl (C=O) groups excluding carboxylic acids is 2. The smallest absolute Gasteiger partial charge is 0.224 e. The number of hydrogen-bond donors (Lipinski definition) is 4. The summed E-state index contributed by atoms with van der Waals surface area (Å²) in [6.45, 7) is 3.38. The minimum Gasteiger partial charge on any atom is -0.397 e. The second-order valence-corrected chi connectivity index (χ2v) is 14.7. The molecule has 1 aliphatic heterocycles. The van der Waals surface area contributed by atoms with Crippen LogP contribution in [0.2, 0.25) is 0 Å². The van der Waals surface area contributed by atoms with Crippen LogP contribution in [0.15, 0.2) is 127 Å². The number of nitrogen functional groups attached to an aromatic ring is 1. The lowest BCUT2D eigenvalue weighted by Crippen LogP contribution is -2.38. The first-order valence-corrected chi connectivity index (χ1v) is 19.6. The first-order chi connectivity index (χ1) is 27.2. The van der Waals surface area contributed by atoms with E-state index in [1.807, 2.05) is 60.7 Å². The van der Waals surface area contributed by atoms with Gasteiger partial charge in [-0.3, -0.25) is 14.5 Å². The Labute approximate surface area is 330 Å². The van der Waals surface area contributed by atoms with Crippen LogP contribution >= 0.6 is 0 Å². The number of nitrogens with zero attached hydrogens (tertiary/aromatic N) is 1. The van der Waals surface area contributed by atoms with Gasteiger partial charge in [-0.05, 0) is 84.5 Å². The average molecular weight is 755 g/mol. The zero-order valence-corrected chi connectivity index (χ0v) is 32.4. The van der Waals surface area contributed by atoms with E-state index in [9.17, 15) is 14.7 Å². The van der Waals surface area contributed by atoms with Crippen LogP contribution in [-0.2, 0) is 32.2 Å². The summed E-state index contributed by atoms with van der Waals surface area (Å²) in [6, 6.07) is 42.4. The number of aliphatic hydroxyl groups excluding tert-OH is 1. The predicted octanol–water partition coefficient (Wildman–Crippen LogP) is 8.87. The van der Waals surface area contributed by atoms with Crippen LogP contribution < -0.4 is 16.4 Å². The van der Waals surface area contributed by atoms with Gasteiger partial charge in [-0.2, -0.15) is 0 Å². The van der Waals surface area contributed by atoms with E-state index in [1.54, 1.807) is 12.1 Å². The molecule has 0 spiro atoms. The molecule has 9 nitrogen and oxygen atoms in total. The van der Waals surface area contributed by atoms with Gasteiger partial charge in [-0.15, -0.1) is 0 Å². The number of ether oxygens (including phenoxy) is 2. The fourth-order valence-electron chi connectivity index (χ4n) is 7.08. The summed E-state index contributed by atoms with van der Waals surface area (Å²) >= 11 is 0. The summed E-state index contributed by atoms with van der Waals surface area (Å²) < 4.78 is 13.4. The molecule has 0 unspecified atom stereocenters.